The van der Waals surface area contributed by atoms with E-state index >= 15 is 0 Å². The lowest BCUT2D eigenvalue weighted by Crippen LogP contribution is -2.37. The third kappa shape index (κ3) is 2.17. The zero-order chi connectivity index (χ0) is 8.27. The Hall–Kier alpha value is -0.0900. The molecule has 1 heterocycles. The van der Waals surface area contributed by atoms with Gasteiger partial charge in [-0.2, -0.15) is 0 Å². The second kappa shape index (κ2) is 4.07. The van der Waals surface area contributed by atoms with Crippen molar-refractivity contribution in [2.24, 2.45) is 0 Å². The summed E-state index contributed by atoms with van der Waals surface area (Å²) < 4.78 is 0.753. The third-order valence-electron chi connectivity index (χ3n) is 1.58. The molecule has 0 aromatic rings. The highest BCUT2D eigenvalue weighted by atomic mass is 32.2. The van der Waals surface area contributed by atoms with Crippen molar-refractivity contribution in [1.29, 1.82) is 0 Å². The zero-order valence-corrected chi connectivity index (χ0v) is 8.13. The Labute approximate surface area is 76.3 Å². The molecule has 2 nitrogen and oxygen atoms in total. The van der Waals surface area contributed by atoms with Gasteiger partial charge in [0.25, 0.3) is 0 Å². The molecule has 0 bridgehead atoms. The molecule has 0 radical (unpaired) electrons. The summed E-state index contributed by atoms with van der Waals surface area (Å²) in [5, 5.41) is 0. The van der Waals surface area contributed by atoms with Crippen molar-refractivity contribution >= 4 is 34.2 Å². The summed E-state index contributed by atoms with van der Waals surface area (Å²) in [7, 11) is 0. The van der Waals surface area contributed by atoms with Gasteiger partial charge >= 0.3 is 0 Å². The number of carbonyl (C=O) groups excluding carboxylic acids is 1. The second-order valence-electron chi connectivity index (χ2n) is 2.37. The Bertz CT molecular complexity index is 173. The summed E-state index contributed by atoms with van der Waals surface area (Å²) >= 11 is 6.64. The number of carbonyl (C=O) groups is 1. The summed E-state index contributed by atoms with van der Waals surface area (Å²) in [5.41, 5.74) is 0. The van der Waals surface area contributed by atoms with Gasteiger partial charge in [0.2, 0.25) is 5.91 Å². The normalized spacial score (nSPS) is 18.6. The highest BCUT2D eigenvalue weighted by Crippen LogP contribution is 2.18. The zero-order valence-electron chi connectivity index (χ0n) is 6.50. The van der Waals surface area contributed by atoms with E-state index in [0.717, 1.165) is 23.0 Å². The Morgan fingerprint density at radius 1 is 1.82 bits per heavy atom. The smallest absolute Gasteiger partial charge is 0.227 e. The first-order valence-electron chi connectivity index (χ1n) is 3.73. The average Bonchev–Trinajstić information content (AvgIpc) is 2.04. The Morgan fingerprint density at radius 2 is 2.55 bits per heavy atom. The predicted octanol–water partition coefficient (Wildman–Crippen LogP) is 1.65. The van der Waals surface area contributed by atoms with E-state index in [2.05, 4.69) is 0 Å². The third-order valence-corrected chi connectivity index (χ3v) is 3.11. The van der Waals surface area contributed by atoms with Crippen molar-refractivity contribution in [2.45, 2.75) is 19.8 Å². The minimum absolute atomic E-state index is 0.155. The van der Waals surface area contributed by atoms with E-state index in [1.54, 1.807) is 16.7 Å². The van der Waals surface area contributed by atoms with Crippen LogP contribution in [0.3, 0.4) is 0 Å². The molecule has 0 saturated carbocycles. The number of thiocarbonyl (C=S) groups is 1. The van der Waals surface area contributed by atoms with Crippen molar-refractivity contribution < 1.29 is 4.79 Å². The van der Waals surface area contributed by atoms with Crippen LogP contribution >= 0.6 is 24.0 Å². The summed E-state index contributed by atoms with van der Waals surface area (Å²) in [5.74, 6) is 1.22. The molecule has 1 saturated heterocycles. The minimum Gasteiger partial charge on any atom is -0.298 e. The molecule has 1 aliphatic heterocycles. The molecular formula is C7H11NOS2. The van der Waals surface area contributed by atoms with Gasteiger partial charge < -0.3 is 0 Å². The number of amides is 1. The first-order valence-corrected chi connectivity index (χ1v) is 5.12. The van der Waals surface area contributed by atoms with E-state index in [-0.39, 0.29) is 5.91 Å². The van der Waals surface area contributed by atoms with Gasteiger partial charge in [-0.05, 0) is 6.42 Å². The maximum Gasteiger partial charge on any atom is 0.227 e. The molecule has 1 amide bonds. The highest BCUT2D eigenvalue weighted by molar-refractivity contribution is 8.23. The van der Waals surface area contributed by atoms with Crippen LogP contribution in [0.25, 0.3) is 0 Å². The molecule has 0 N–H and O–H groups in total. The summed E-state index contributed by atoms with van der Waals surface area (Å²) in [6, 6.07) is 0. The van der Waals surface area contributed by atoms with Crippen molar-refractivity contribution in [1.82, 2.24) is 4.90 Å². The van der Waals surface area contributed by atoms with Crippen LogP contribution in [0.1, 0.15) is 19.8 Å². The highest BCUT2D eigenvalue weighted by Gasteiger charge is 2.19. The van der Waals surface area contributed by atoms with E-state index in [9.17, 15) is 4.79 Å². The van der Waals surface area contributed by atoms with Gasteiger partial charge in [-0.15, -0.1) is 0 Å². The first kappa shape index (κ1) is 9.00. The van der Waals surface area contributed by atoms with Crippen LogP contribution in [-0.2, 0) is 4.79 Å². The topological polar surface area (TPSA) is 20.3 Å². The standard InChI is InChI=1S/C7H11NOS2/c1-2-6(9)8-4-3-5-11-7(8)10/h2-5H2,1H3. The van der Waals surface area contributed by atoms with Gasteiger partial charge in [0, 0.05) is 18.7 Å². The molecule has 62 valence electrons. The van der Waals surface area contributed by atoms with Gasteiger partial charge in [0.15, 0.2) is 0 Å². The lowest BCUT2D eigenvalue weighted by Gasteiger charge is -2.26. The van der Waals surface area contributed by atoms with Crippen LogP contribution in [0.4, 0.5) is 0 Å². The summed E-state index contributed by atoms with van der Waals surface area (Å²) in [6.07, 6.45) is 1.62. The largest absolute Gasteiger partial charge is 0.298 e. The van der Waals surface area contributed by atoms with Gasteiger partial charge in [0.05, 0.1) is 0 Å². The maximum absolute atomic E-state index is 11.2. The molecule has 1 rings (SSSR count). The molecule has 0 aliphatic carbocycles. The van der Waals surface area contributed by atoms with Gasteiger partial charge in [-0.3, -0.25) is 9.69 Å². The SMILES string of the molecule is CCC(=O)N1CCCSC1=S. The van der Waals surface area contributed by atoms with E-state index in [0.29, 0.717) is 6.42 Å². The predicted molar refractivity (Wildman–Crippen MR) is 51.7 cm³/mol. The van der Waals surface area contributed by atoms with E-state index < -0.39 is 0 Å². The molecule has 1 aliphatic rings. The Balaban J connectivity index is 2.54. The van der Waals surface area contributed by atoms with Crippen LogP contribution in [0.5, 0.6) is 0 Å². The fourth-order valence-corrected chi connectivity index (χ4v) is 2.21. The van der Waals surface area contributed by atoms with Crippen molar-refractivity contribution in [3.05, 3.63) is 0 Å². The van der Waals surface area contributed by atoms with E-state index in [1.807, 2.05) is 6.92 Å². The molecule has 0 unspecified atom stereocenters. The second-order valence-corrected chi connectivity index (χ2v) is 4.10. The quantitative estimate of drug-likeness (QED) is 0.585. The van der Waals surface area contributed by atoms with Gasteiger partial charge in [0.1, 0.15) is 4.32 Å². The Kier molecular flexibility index (Phi) is 3.33. The van der Waals surface area contributed by atoms with Crippen molar-refractivity contribution in [3.8, 4) is 0 Å². The number of rotatable bonds is 1. The molecular weight excluding hydrogens is 178 g/mol. The summed E-state index contributed by atoms with van der Waals surface area (Å²) in [4.78, 5) is 12.9. The van der Waals surface area contributed by atoms with Crippen LogP contribution < -0.4 is 0 Å². The molecule has 0 aromatic heterocycles. The maximum atomic E-state index is 11.2. The fourth-order valence-electron chi connectivity index (χ4n) is 0.969. The molecule has 1 fully saturated rings. The van der Waals surface area contributed by atoms with Crippen LogP contribution in [0.2, 0.25) is 0 Å². The molecule has 0 spiro atoms. The number of nitrogens with zero attached hydrogens (tertiary/aromatic N) is 1. The average molecular weight is 189 g/mol. The molecule has 11 heavy (non-hydrogen) atoms. The number of hydrogen-bond acceptors (Lipinski definition) is 3. The van der Waals surface area contributed by atoms with Crippen molar-refractivity contribution in [2.75, 3.05) is 12.3 Å². The van der Waals surface area contributed by atoms with Crippen LogP contribution in [-0.4, -0.2) is 27.4 Å². The first-order chi connectivity index (χ1) is 5.25. The van der Waals surface area contributed by atoms with Gasteiger partial charge in [-0.1, -0.05) is 30.9 Å². The lowest BCUT2D eigenvalue weighted by molar-refractivity contribution is -0.126. The van der Waals surface area contributed by atoms with Crippen LogP contribution in [0.15, 0.2) is 0 Å². The van der Waals surface area contributed by atoms with E-state index in [1.165, 1.54) is 0 Å². The monoisotopic (exact) mass is 189 g/mol. The van der Waals surface area contributed by atoms with E-state index in [4.69, 9.17) is 12.2 Å². The summed E-state index contributed by atoms with van der Waals surface area (Å²) in [6.45, 7) is 2.68. The Morgan fingerprint density at radius 3 is 3.09 bits per heavy atom. The number of thioether (sulfide) groups is 1. The number of hydrogen-bond donors (Lipinski definition) is 0. The molecule has 0 aromatic carbocycles. The van der Waals surface area contributed by atoms with Crippen LogP contribution in [0, 0.1) is 0 Å². The van der Waals surface area contributed by atoms with Crippen molar-refractivity contribution in [3.63, 3.8) is 0 Å². The van der Waals surface area contributed by atoms with Gasteiger partial charge in [-0.25, -0.2) is 0 Å². The fraction of sp³-hybridized carbons (Fsp3) is 0.714. The lowest BCUT2D eigenvalue weighted by atomic mass is 10.3. The molecule has 4 heteroatoms. The minimum atomic E-state index is 0.155. The molecule has 0 atom stereocenters.